The van der Waals surface area contributed by atoms with E-state index in [4.69, 9.17) is 11.6 Å². The average molecular weight is 130 g/mol. The summed E-state index contributed by atoms with van der Waals surface area (Å²) in [5.74, 6) is 0.450. The topological polar surface area (TPSA) is 12.4 Å². The maximum atomic E-state index is 5.37. The fourth-order valence-corrected chi connectivity index (χ4v) is 0.292. The van der Waals surface area contributed by atoms with Crippen molar-refractivity contribution in [3.8, 4) is 0 Å². The quantitative estimate of drug-likeness (QED) is 0.314. The third kappa shape index (κ3) is 3.62. The highest BCUT2D eigenvalue weighted by molar-refractivity contribution is 6.19. The van der Waals surface area contributed by atoms with Crippen molar-refractivity contribution in [2.45, 2.75) is 0 Å². The van der Waals surface area contributed by atoms with Gasteiger partial charge in [0, 0.05) is 12.1 Å². The standard InChI is InChI=1S/C6H8ClN/c1-6(5-7)3-4-8-2/h3-4H,1-2,5H2/b4-3-. The van der Waals surface area contributed by atoms with E-state index in [-0.39, 0.29) is 0 Å². The molecule has 0 atom stereocenters. The zero-order chi connectivity index (χ0) is 6.41. The summed E-state index contributed by atoms with van der Waals surface area (Å²) in [4.78, 5) is 3.47. The average Bonchev–Trinajstić information content (AvgIpc) is 1.83. The van der Waals surface area contributed by atoms with Crippen molar-refractivity contribution < 1.29 is 0 Å². The second-order valence-corrected chi connectivity index (χ2v) is 1.56. The van der Waals surface area contributed by atoms with Gasteiger partial charge in [-0.25, -0.2) is 0 Å². The van der Waals surface area contributed by atoms with Gasteiger partial charge in [-0.2, -0.15) is 0 Å². The molecule has 0 aromatic heterocycles. The largest absolute Gasteiger partial charge is 0.273 e. The number of rotatable bonds is 3. The van der Waals surface area contributed by atoms with Crippen LogP contribution in [0.3, 0.4) is 0 Å². The van der Waals surface area contributed by atoms with Gasteiger partial charge in [-0.1, -0.05) is 6.58 Å². The molecule has 0 aromatic carbocycles. The smallest absolute Gasteiger partial charge is 0.0468 e. The Balaban J connectivity index is 3.52. The van der Waals surface area contributed by atoms with Gasteiger partial charge in [0.25, 0.3) is 0 Å². The van der Waals surface area contributed by atoms with Crippen LogP contribution in [0.2, 0.25) is 0 Å². The van der Waals surface area contributed by atoms with Crippen LogP contribution >= 0.6 is 11.6 Å². The van der Waals surface area contributed by atoms with Gasteiger partial charge >= 0.3 is 0 Å². The van der Waals surface area contributed by atoms with Crippen molar-refractivity contribution in [2.75, 3.05) is 5.88 Å². The van der Waals surface area contributed by atoms with E-state index in [9.17, 15) is 0 Å². The van der Waals surface area contributed by atoms with Gasteiger partial charge in [0.15, 0.2) is 0 Å². The predicted octanol–water partition coefficient (Wildman–Crippen LogP) is 2.00. The first-order valence-electron chi connectivity index (χ1n) is 2.17. The van der Waals surface area contributed by atoms with Crippen LogP contribution in [0.4, 0.5) is 0 Å². The second-order valence-electron chi connectivity index (χ2n) is 1.29. The number of hydrogen-bond donors (Lipinski definition) is 0. The molecule has 0 fully saturated rings. The molecule has 2 heteroatoms. The van der Waals surface area contributed by atoms with Gasteiger partial charge in [-0.05, 0) is 18.4 Å². The van der Waals surface area contributed by atoms with E-state index in [2.05, 4.69) is 18.3 Å². The summed E-state index contributed by atoms with van der Waals surface area (Å²) in [5.41, 5.74) is 0.846. The van der Waals surface area contributed by atoms with Gasteiger partial charge in [0.1, 0.15) is 0 Å². The number of halogens is 1. The summed E-state index contributed by atoms with van der Waals surface area (Å²) in [6.07, 6.45) is 3.28. The van der Waals surface area contributed by atoms with Gasteiger partial charge < -0.3 is 0 Å². The third-order valence-corrected chi connectivity index (χ3v) is 0.931. The molecule has 8 heavy (non-hydrogen) atoms. The maximum absolute atomic E-state index is 5.37. The zero-order valence-corrected chi connectivity index (χ0v) is 5.36. The van der Waals surface area contributed by atoms with Crippen LogP contribution in [-0.2, 0) is 0 Å². The van der Waals surface area contributed by atoms with Crippen LogP contribution in [-0.4, -0.2) is 12.6 Å². The van der Waals surface area contributed by atoms with Crippen molar-refractivity contribution >= 4 is 18.3 Å². The summed E-state index contributed by atoms with van der Waals surface area (Å²) in [5, 5.41) is 0. The molecule has 0 aromatic rings. The first-order chi connectivity index (χ1) is 3.81. The molecule has 0 N–H and O–H groups in total. The van der Waals surface area contributed by atoms with Crippen molar-refractivity contribution in [2.24, 2.45) is 4.99 Å². The lowest BCUT2D eigenvalue weighted by molar-refractivity contribution is 1.51. The van der Waals surface area contributed by atoms with Gasteiger partial charge in [-0.15, -0.1) is 11.6 Å². The van der Waals surface area contributed by atoms with Crippen LogP contribution < -0.4 is 0 Å². The molecule has 1 nitrogen and oxygen atoms in total. The Bertz CT molecular complexity index is 116. The molecule has 0 saturated carbocycles. The first kappa shape index (κ1) is 7.44. The Morgan fingerprint density at radius 1 is 1.75 bits per heavy atom. The van der Waals surface area contributed by atoms with E-state index < -0.39 is 0 Å². The van der Waals surface area contributed by atoms with Crippen molar-refractivity contribution in [1.29, 1.82) is 0 Å². The Hall–Kier alpha value is -0.560. The van der Waals surface area contributed by atoms with Crippen LogP contribution in [0.25, 0.3) is 0 Å². The lowest BCUT2D eigenvalue weighted by atomic mass is 10.3. The van der Waals surface area contributed by atoms with Crippen LogP contribution in [0, 0.1) is 0 Å². The maximum Gasteiger partial charge on any atom is 0.0468 e. The highest BCUT2D eigenvalue weighted by Gasteiger charge is 1.78. The second kappa shape index (κ2) is 4.60. The molecule has 0 spiro atoms. The monoisotopic (exact) mass is 129 g/mol. The lowest BCUT2D eigenvalue weighted by Crippen LogP contribution is -1.71. The minimum atomic E-state index is 0.450. The third-order valence-electron chi connectivity index (χ3n) is 0.587. The molecular formula is C6H8ClN. The minimum Gasteiger partial charge on any atom is -0.273 e. The summed E-state index contributed by atoms with van der Waals surface area (Å²) < 4.78 is 0. The molecule has 0 saturated heterocycles. The van der Waals surface area contributed by atoms with E-state index in [1.54, 1.807) is 12.3 Å². The van der Waals surface area contributed by atoms with Gasteiger partial charge in [0.2, 0.25) is 0 Å². The van der Waals surface area contributed by atoms with Gasteiger partial charge in [0.05, 0.1) is 0 Å². The molecule has 0 aliphatic carbocycles. The summed E-state index contributed by atoms with van der Waals surface area (Å²) >= 11 is 5.37. The van der Waals surface area contributed by atoms with Crippen LogP contribution in [0.1, 0.15) is 0 Å². The normalized spacial score (nSPS) is 9.62. The number of nitrogens with zero attached hydrogens (tertiary/aromatic N) is 1. The number of allylic oxidation sites excluding steroid dienone is 2. The van der Waals surface area contributed by atoms with Crippen molar-refractivity contribution in [3.63, 3.8) is 0 Å². The highest BCUT2D eigenvalue weighted by Crippen LogP contribution is 1.94. The van der Waals surface area contributed by atoms with E-state index in [1.807, 2.05) is 0 Å². The van der Waals surface area contributed by atoms with Crippen LogP contribution in [0.5, 0.6) is 0 Å². The van der Waals surface area contributed by atoms with E-state index in [1.165, 1.54) is 0 Å². The molecule has 0 unspecified atom stereocenters. The number of hydrogen-bond acceptors (Lipinski definition) is 1. The molecule has 0 amide bonds. The molecule has 0 bridgehead atoms. The zero-order valence-electron chi connectivity index (χ0n) is 4.60. The van der Waals surface area contributed by atoms with E-state index >= 15 is 0 Å². The number of alkyl halides is 1. The van der Waals surface area contributed by atoms with Crippen molar-refractivity contribution in [1.82, 2.24) is 0 Å². The fraction of sp³-hybridized carbons (Fsp3) is 0.167. The molecule has 0 heterocycles. The van der Waals surface area contributed by atoms with E-state index in [0.29, 0.717) is 5.88 Å². The molecule has 44 valence electrons. The number of aliphatic imine (C=N–C) groups is 1. The van der Waals surface area contributed by atoms with Crippen molar-refractivity contribution in [3.05, 3.63) is 24.4 Å². The fourth-order valence-electron chi connectivity index (χ4n) is 0.203. The first-order valence-corrected chi connectivity index (χ1v) is 2.71. The lowest BCUT2D eigenvalue weighted by Gasteiger charge is -1.84. The highest BCUT2D eigenvalue weighted by atomic mass is 35.5. The Morgan fingerprint density at radius 3 is 2.75 bits per heavy atom. The van der Waals surface area contributed by atoms with Gasteiger partial charge in [-0.3, -0.25) is 4.99 Å². The Labute approximate surface area is 54.4 Å². The molecule has 0 radical (unpaired) electrons. The van der Waals surface area contributed by atoms with Crippen LogP contribution in [0.15, 0.2) is 29.4 Å². The summed E-state index contributed by atoms with van der Waals surface area (Å²) in [6, 6.07) is 0. The van der Waals surface area contributed by atoms with E-state index in [0.717, 1.165) is 5.57 Å². The molecular weight excluding hydrogens is 122 g/mol. The summed E-state index contributed by atoms with van der Waals surface area (Å²) in [7, 11) is 0. The molecule has 0 aliphatic heterocycles. The predicted molar refractivity (Wildman–Crippen MR) is 38.5 cm³/mol. The summed E-state index contributed by atoms with van der Waals surface area (Å²) in [6.45, 7) is 6.85. The molecule has 0 aliphatic rings. The minimum absolute atomic E-state index is 0.450. The Morgan fingerprint density at radius 2 is 2.38 bits per heavy atom. The Kier molecular flexibility index (Phi) is 4.27. The molecule has 0 rings (SSSR count). The SMILES string of the molecule is C=N/C=C\C(=C)CCl.